The van der Waals surface area contributed by atoms with Crippen LogP contribution in [0.2, 0.25) is 5.15 Å². The fourth-order valence-electron chi connectivity index (χ4n) is 2.79. The van der Waals surface area contributed by atoms with E-state index in [2.05, 4.69) is 5.10 Å². The van der Waals surface area contributed by atoms with Gasteiger partial charge in [0.05, 0.1) is 16.3 Å². The number of amides is 1. The third-order valence-electron chi connectivity index (χ3n) is 4.03. The van der Waals surface area contributed by atoms with Crippen molar-refractivity contribution in [1.29, 1.82) is 0 Å². The third kappa shape index (κ3) is 2.78. The zero-order valence-corrected chi connectivity index (χ0v) is 13.9. The molecule has 1 aromatic heterocycles. The summed E-state index contributed by atoms with van der Waals surface area (Å²) in [6.45, 7) is 2.31. The Kier molecular flexibility index (Phi) is 4.11. The maximum absolute atomic E-state index is 12.5. The lowest BCUT2D eigenvalue weighted by Crippen LogP contribution is -2.26. The van der Waals surface area contributed by atoms with Crippen LogP contribution in [0.15, 0.2) is 24.3 Å². The molecule has 0 aliphatic carbocycles. The van der Waals surface area contributed by atoms with Gasteiger partial charge in [0.1, 0.15) is 5.15 Å². The lowest BCUT2D eigenvalue weighted by atomic mass is 10.1. The first kappa shape index (κ1) is 16.2. The minimum Gasteiger partial charge on any atom is -0.308 e. The number of rotatable bonds is 3. The molecule has 0 saturated carbocycles. The van der Waals surface area contributed by atoms with Gasteiger partial charge in [0.2, 0.25) is 0 Å². The summed E-state index contributed by atoms with van der Waals surface area (Å²) in [4.78, 5) is 24.5. The predicted octanol–water partition coefficient (Wildman–Crippen LogP) is 2.89. The maximum Gasteiger partial charge on any atom is 0.271 e. The Bertz CT molecular complexity index is 872. The maximum atomic E-state index is 12.5. The van der Waals surface area contributed by atoms with Gasteiger partial charge in [0.15, 0.2) is 0 Å². The van der Waals surface area contributed by atoms with Gasteiger partial charge in [-0.2, -0.15) is 5.10 Å². The van der Waals surface area contributed by atoms with Crippen LogP contribution in [0.4, 0.5) is 11.4 Å². The highest BCUT2D eigenvalue weighted by Crippen LogP contribution is 2.32. The second kappa shape index (κ2) is 6.09. The molecule has 1 aromatic carbocycles. The number of carbonyl (C=O) groups excluding carboxylic acids is 1. The summed E-state index contributed by atoms with van der Waals surface area (Å²) in [6.07, 6.45) is 3.73. The van der Waals surface area contributed by atoms with E-state index in [1.54, 1.807) is 24.1 Å². The lowest BCUT2D eigenvalue weighted by Gasteiger charge is -2.14. The molecule has 1 amide bonds. The number of benzene rings is 1. The van der Waals surface area contributed by atoms with E-state index in [0.29, 0.717) is 29.4 Å². The standard InChI is InChI=1S/C16H15ClN4O3/c1-10-13(16(17)19(2)18-10)5-6-15(22)20-8-7-11-3-4-12(21(23)24)9-14(11)20/h3-6,9H,7-8H2,1-2H3/b6-5+. The van der Waals surface area contributed by atoms with Crippen LogP contribution in [0.3, 0.4) is 0 Å². The topological polar surface area (TPSA) is 81.3 Å². The molecule has 7 nitrogen and oxygen atoms in total. The van der Waals surface area contributed by atoms with E-state index in [-0.39, 0.29) is 11.6 Å². The van der Waals surface area contributed by atoms with E-state index in [1.807, 2.05) is 6.92 Å². The molecule has 0 N–H and O–H groups in total. The quantitative estimate of drug-likeness (QED) is 0.486. The van der Waals surface area contributed by atoms with Crippen LogP contribution in [0.25, 0.3) is 6.08 Å². The molecule has 2 aromatic rings. The molecule has 1 aliphatic heterocycles. The molecule has 2 heterocycles. The first-order valence-corrected chi connectivity index (χ1v) is 7.72. The predicted molar refractivity (Wildman–Crippen MR) is 91.1 cm³/mol. The third-order valence-corrected chi connectivity index (χ3v) is 4.48. The number of nitro groups is 1. The molecule has 0 bridgehead atoms. The van der Waals surface area contributed by atoms with Gasteiger partial charge < -0.3 is 4.90 Å². The molecule has 0 fully saturated rings. The van der Waals surface area contributed by atoms with Crippen LogP contribution in [0, 0.1) is 17.0 Å². The van der Waals surface area contributed by atoms with Gasteiger partial charge >= 0.3 is 0 Å². The van der Waals surface area contributed by atoms with Crippen LogP contribution >= 0.6 is 11.6 Å². The first-order chi connectivity index (χ1) is 11.4. The van der Waals surface area contributed by atoms with Gasteiger partial charge in [-0.1, -0.05) is 17.7 Å². The summed E-state index contributed by atoms with van der Waals surface area (Å²) < 4.78 is 1.54. The number of hydrogen-bond donors (Lipinski definition) is 0. The Labute approximate surface area is 143 Å². The molecule has 3 rings (SSSR count). The number of fused-ring (bicyclic) bond motifs is 1. The second-order valence-electron chi connectivity index (χ2n) is 5.56. The fourth-order valence-corrected chi connectivity index (χ4v) is 3.03. The minimum atomic E-state index is -0.462. The highest BCUT2D eigenvalue weighted by atomic mass is 35.5. The average molecular weight is 347 g/mol. The number of aryl methyl sites for hydroxylation is 2. The van der Waals surface area contributed by atoms with Gasteiger partial charge in [-0.25, -0.2) is 0 Å². The van der Waals surface area contributed by atoms with Crippen LogP contribution in [0.5, 0.6) is 0 Å². The largest absolute Gasteiger partial charge is 0.308 e. The molecule has 0 radical (unpaired) electrons. The summed E-state index contributed by atoms with van der Waals surface area (Å²) in [5, 5.41) is 15.6. The van der Waals surface area contributed by atoms with Gasteiger partial charge in [-0.15, -0.1) is 0 Å². The molecular formula is C16H15ClN4O3. The molecule has 8 heteroatoms. The van der Waals surface area contributed by atoms with Gasteiger partial charge in [-0.05, 0) is 25.0 Å². The summed E-state index contributed by atoms with van der Waals surface area (Å²) >= 11 is 6.14. The van der Waals surface area contributed by atoms with Crippen molar-refractivity contribution in [2.75, 3.05) is 11.4 Å². The van der Waals surface area contributed by atoms with Crippen molar-refractivity contribution < 1.29 is 9.72 Å². The lowest BCUT2D eigenvalue weighted by molar-refractivity contribution is -0.384. The fraction of sp³-hybridized carbons (Fsp3) is 0.250. The van der Waals surface area contributed by atoms with Crippen LogP contribution in [-0.2, 0) is 18.3 Å². The van der Waals surface area contributed by atoms with Crippen molar-refractivity contribution in [2.45, 2.75) is 13.3 Å². The van der Waals surface area contributed by atoms with Crippen molar-refractivity contribution >= 4 is 35.0 Å². The van der Waals surface area contributed by atoms with Crippen molar-refractivity contribution in [2.24, 2.45) is 7.05 Å². The summed E-state index contributed by atoms with van der Waals surface area (Å²) in [5.41, 5.74) is 2.91. The smallest absolute Gasteiger partial charge is 0.271 e. The van der Waals surface area contributed by atoms with E-state index in [9.17, 15) is 14.9 Å². The van der Waals surface area contributed by atoms with Crippen LogP contribution in [0.1, 0.15) is 16.8 Å². The van der Waals surface area contributed by atoms with Crippen LogP contribution in [-0.4, -0.2) is 27.2 Å². The average Bonchev–Trinajstić information content (AvgIpc) is 3.06. The van der Waals surface area contributed by atoms with E-state index < -0.39 is 4.92 Å². The number of non-ortho nitro benzene ring substituents is 1. The number of halogens is 1. The number of aromatic nitrogens is 2. The van der Waals surface area contributed by atoms with E-state index in [1.165, 1.54) is 22.9 Å². The zero-order chi connectivity index (χ0) is 17.4. The number of nitrogens with zero attached hydrogens (tertiary/aromatic N) is 4. The summed E-state index contributed by atoms with van der Waals surface area (Å²) in [5.74, 6) is -0.242. The molecule has 1 aliphatic rings. The number of nitro benzene ring substituents is 1. The van der Waals surface area contributed by atoms with E-state index >= 15 is 0 Å². The summed E-state index contributed by atoms with van der Waals surface area (Å²) in [6, 6.07) is 4.60. The molecule has 0 saturated heterocycles. The molecule has 0 unspecified atom stereocenters. The first-order valence-electron chi connectivity index (χ1n) is 7.34. The van der Waals surface area contributed by atoms with Crippen molar-refractivity contribution in [1.82, 2.24) is 9.78 Å². The normalized spacial score (nSPS) is 13.5. The van der Waals surface area contributed by atoms with E-state index in [0.717, 1.165) is 11.3 Å². The number of hydrogen-bond acceptors (Lipinski definition) is 4. The van der Waals surface area contributed by atoms with Crippen molar-refractivity contribution in [3.05, 3.63) is 56.4 Å². The highest BCUT2D eigenvalue weighted by molar-refractivity contribution is 6.31. The monoisotopic (exact) mass is 346 g/mol. The highest BCUT2D eigenvalue weighted by Gasteiger charge is 2.25. The van der Waals surface area contributed by atoms with Gasteiger partial charge in [-0.3, -0.25) is 19.6 Å². The van der Waals surface area contributed by atoms with Crippen molar-refractivity contribution in [3.63, 3.8) is 0 Å². The Morgan fingerprint density at radius 2 is 2.21 bits per heavy atom. The summed E-state index contributed by atoms with van der Waals surface area (Å²) in [7, 11) is 1.73. The number of carbonyl (C=O) groups is 1. The molecule has 0 atom stereocenters. The minimum absolute atomic E-state index is 0.0245. The second-order valence-corrected chi connectivity index (χ2v) is 5.91. The van der Waals surface area contributed by atoms with Crippen LogP contribution < -0.4 is 4.90 Å². The molecule has 24 heavy (non-hydrogen) atoms. The van der Waals surface area contributed by atoms with Gasteiger partial charge in [0.25, 0.3) is 11.6 Å². The Morgan fingerprint density at radius 1 is 1.46 bits per heavy atom. The molecular weight excluding hydrogens is 332 g/mol. The molecule has 124 valence electrons. The Hall–Kier alpha value is -2.67. The Balaban J connectivity index is 1.87. The van der Waals surface area contributed by atoms with E-state index in [4.69, 9.17) is 11.6 Å². The zero-order valence-electron chi connectivity index (χ0n) is 13.2. The SMILES string of the molecule is Cc1nn(C)c(Cl)c1/C=C/C(=O)N1CCc2ccc([N+](=O)[O-])cc21. The molecule has 0 spiro atoms. The van der Waals surface area contributed by atoms with Gasteiger partial charge in [0, 0.05) is 37.4 Å². The Morgan fingerprint density at radius 3 is 2.83 bits per heavy atom. The number of anilines is 1. The van der Waals surface area contributed by atoms with Crippen molar-refractivity contribution in [3.8, 4) is 0 Å².